The predicted molar refractivity (Wildman–Crippen MR) is 82.9 cm³/mol. The lowest BCUT2D eigenvalue weighted by molar-refractivity contribution is 0.0951. The van der Waals surface area contributed by atoms with E-state index >= 15 is 0 Å². The third-order valence-corrected chi connectivity index (χ3v) is 4.69. The highest BCUT2D eigenvalue weighted by molar-refractivity contribution is 8.13. The minimum atomic E-state index is -4.05. The lowest BCUT2D eigenvalue weighted by atomic mass is 10.2. The van der Waals surface area contributed by atoms with Gasteiger partial charge in [-0.25, -0.2) is 8.42 Å². The van der Waals surface area contributed by atoms with E-state index in [4.69, 9.17) is 38.6 Å². The number of halogens is 3. The number of carbonyl (C=O) groups excluding carboxylic acids is 1. The highest BCUT2D eigenvalue weighted by Crippen LogP contribution is 2.30. The summed E-state index contributed by atoms with van der Waals surface area (Å²) in [7, 11) is 2.80. The van der Waals surface area contributed by atoms with Crippen LogP contribution in [0.25, 0.3) is 0 Å². The Kier molecular flexibility index (Phi) is 7.23. The van der Waals surface area contributed by atoms with Gasteiger partial charge in [-0.15, -0.1) is 0 Å². The molecule has 1 N–H and O–H groups in total. The first-order valence-corrected chi connectivity index (χ1v) is 9.04. The zero-order valence-electron chi connectivity index (χ0n) is 11.2. The van der Waals surface area contributed by atoms with Crippen LogP contribution in [-0.2, 0) is 13.8 Å². The number of carbonyl (C=O) groups is 1. The van der Waals surface area contributed by atoms with E-state index < -0.39 is 15.0 Å². The number of hydrogen-bond acceptors (Lipinski definition) is 4. The van der Waals surface area contributed by atoms with Crippen molar-refractivity contribution in [2.75, 3.05) is 20.3 Å². The number of nitrogens with one attached hydrogen (secondary N) is 1. The van der Waals surface area contributed by atoms with Crippen molar-refractivity contribution in [3.63, 3.8) is 0 Å². The molecule has 0 heterocycles. The van der Waals surface area contributed by atoms with Crippen molar-refractivity contribution >= 4 is 48.8 Å². The van der Waals surface area contributed by atoms with Gasteiger partial charge >= 0.3 is 0 Å². The zero-order valence-corrected chi connectivity index (χ0v) is 14.2. The van der Waals surface area contributed by atoms with Crippen LogP contribution in [0.15, 0.2) is 17.0 Å². The summed E-state index contributed by atoms with van der Waals surface area (Å²) in [6.45, 7) is 1.02. The molecule has 0 bridgehead atoms. The van der Waals surface area contributed by atoms with Crippen LogP contribution in [0.4, 0.5) is 0 Å². The number of rotatable bonds is 7. The Hall–Kier alpha value is -0.530. The molecule has 9 heteroatoms. The fourth-order valence-corrected chi connectivity index (χ4v) is 3.38. The van der Waals surface area contributed by atoms with Gasteiger partial charge in [0.2, 0.25) is 0 Å². The van der Waals surface area contributed by atoms with Crippen molar-refractivity contribution < 1.29 is 17.9 Å². The van der Waals surface area contributed by atoms with Crippen LogP contribution in [0.2, 0.25) is 10.0 Å². The normalized spacial score (nSPS) is 11.4. The van der Waals surface area contributed by atoms with Crippen molar-refractivity contribution in [2.24, 2.45) is 0 Å². The van der Waals surface area contributed by atoms with Gasteiger partial charge in [0.15, 0.2) is 0 Å². The first-order chi connectivity index (χ1) is 9.77. The van der Waals surface area contributed by atoms with Gasteiger partial charge < -0.3 is 10.1 Å². The van der Waals surface area contributed by atoms with Crippen LogP contribution in [0.1, 0.15) is 23.2 Å². The maximum absolute atomic E-state index is 12.0. The van der Waals surface area contributed by atoms with E-state index in [-0.39, 0.29) is 20.5 Å². The molecule has 21 heavy (non-hydrogen) atoms. The van der Waals surface area contributed by atoms with E-state index in [2.05, 4.69) is 5.32 Å². The molecule has 0 aromatic heterocycles. The zero-order chi connectivity index (χ0) is 16.0. The molecule has 0 atom stereocenters. The van der Waals surface area contributed by atoms with Gasteiger partial charge in [-0.1, -0.05) is 23.2 Å². The van der Waals surface area contributed by atoms with Crippen LogP contribution in [0.3, 0.4) is 0 Å². The smallest absolute Gasteiger partial charge is 0.262 e. The van der Waals surface area contributed by atoms with Crippen molar-refractivity contribution in [1.29, 1.82) is 0 Å². The number of benzene rings is 1. The minimum Gasteiger partial charge on any atom is -0.385 e. The Morgan fingerprint density at radius 3 is 2.48 bits per heavy atom. The summed E-state index contributed by atoms with van der Waals surface area (Å²) in [5, 5.41) is 2.56. The summed E-state index contributed by atoms with van der Waals surface area (Å²) in [4.78, 5) is 11.6. The van der Waals surface area contributed by atoms with Crippen LogP contribution >= 0.6 is 33.9 Å². The standard InChI is InChI=1S/C12H14Cl3NO4S/c1-20-5-3-2-4-16-12(17)8-6-11(21(15,18)19)10(14)7-9(8)13/h6-7H,2-5H2,1H3,(H,16,17). The highest BCUT2D eigenvalue weighted by atomic mass is 35.7. The second kappa shape index (κ2) is 8.19. The molecule has 0 unspecified atom stereocenters. The molecule has 118 valence electrons. The highest BCUT2D eigenvalue weighted by Gasteiger charge is 2.20. The first-order valence-electron chi connectivity index (χ1n) is 5.98. The van der Waals surface area contributed by atoms with Gasteiger partial charge in [-0.3, -0.25) is 4.79 Å². The Morgan fingerprint density at radius 2 is 1.90 bits per heavy atom. The van der Waals surface area contributed by atoms with Crippen molar-refractivity contribution in [3.05, 3.63) is 27.7 Å². The second-order valence-electron chi connectivity index (χ2n) is 4.16. The molecule has 1 rings (SSSR count). The average Bonchev–Trinajstić information content (AvgIpc) is 2.36. The van der Waals surface area contributed by atoms with Crippen LogP contribution in [-0.4, -0.2) is 34.6 Å². The lowest BCUT2D eigenvalue weighted by Crippen LogP contribution is -2.25. The third kappa shape index (κ3) is 5.64. The summed E-state index contributed by atoms with van der Waals surface area (Å²) < 4.78 is 27.6. The molecule has 1 amide bonds. The first kappa shape index (κ1) is 18.5. The largest absolute Gasteiger partial charge is 0.385 e. The second-order valence-corrected chi connectivity index (χ2v) is 7.50. The number of amides is 1. The molecule has 0 aliphatic carbocycles. The molecule has 0 saturated carbocycles. The number of ether oxygens (including phenoxy) is 1. The topological polar surface area (TPSA) is 72.5 Å². The van der Waals surface area contributed by atoms with Crippen LogP contribution < -0.4 is 5.32 Å². The summed E-state index contributed by atoms with van der Waals surface area (Å²) >= 11 is 11.7. The fourth-order valence-electron chi connectivity index (χ4n) is 1.56. The van der Waals surface area contributed by atoms with Gasteiger partial charge in [0.1, 0.15) is 4.90 Å². The average molecular weight is 375 g/mol. The maximum Gasteiger partial charge on any atom is 0.262 e. The molecule has 1 aromatic rings. The van der Waals surface area contributed by atoms with Crippen molar-refractivity contribution in [2.45, 2.75) is 17.7 Å². The predicted octanol–water partition coefficient (Wildman–Crippen LogP) is 3.08. The summed E-state index contributed by atoms with van der Waals surface area (Å²) in [5.41, 5.74) is 0.00651. The van der Waals surface area contributed by atoms with E-state index in [1.807, 2.05) is 0 Å². The Bertz CT molecular complexity index is 619. The number of hydrogen-bond donors (Lipinski definition) is 1. The van der Waals surface area contributed by atoms with E-state index in [0.717, 1.165) is 18.9 Å². The molecule has 0 aliphatic heterocycles. The van der Waals surface area contributed by atoms with Crippen molar-refractivity contribution in [3.8, 4) is 0 Å². The molecule has 0 fully saturated rings. The quantitative estimate of drug-likeness (QED) is 0.588. The Balaban J connectivity index is 2.85. The fraction of sp³-hybridized carbons (Fsp3) is 0.417. The molecule has 1 aromatic carbocycles. The van der Waals surface area contributed by atoms with Gasteiger partial charge in [-0.05, 0) is 25.0 Å². The van der Waals surface area contributed by atoms with Gasteiger partial charge in [0, 0.05) is 30.9 Å². The molecular formula is C12H14Cl3NO4S. The van der Waals surface area contributed by atoms with Gasteiger partial charge in [0.25, 0.3) is 15.0 Å². The van der Waals surface area contributed by atoms with E-state index in [1.54, 1.807) is 7.11 Å². The van der Waals surface area contributed by atoms with Crippen molar-refractivity contribution in [1.82, 2.24) is 5.32 Å². The van der Waals surface area contributed by atoms with Crippen LogP contribution in [0, 0.1) is 0 Å². The summed E-state index contributed by atoms with van der Waals surface area (Å²) in [5.74, 6) is -0.490. The number of unbranched alkanes of at least 4 members (excludes halogenated alkanes) is 1. The molecule has 0 spiro atoms. The third-order valence-electron chi connectivity index (χ3n) is 2.59. The monoisotopic (exact) mass is 373 g/mol. The summed E-state index contributed by atoms with van der Waals surface area (Å²) in [6, 6.07) is 2.25. The van der Waals surface area contributed by atoms with Gasteiger partial charge in [-0.2, -0.15) is 0 Å². The maximum atomic E-state index is 12.0. The summed E-state index contributed by atoms with van der Waals surface area (Å²) in [6.07, 6.45) is 1.53. The SMILES string of the molecule is COCCCCNC(=O)c1cc(S(=O)(=O)Cl)c(Cl)cc1Cl. The van der Waals surface area contributed by atoms with E-state index in [1.165, 1.54) is 6.07 Å². The molecule has 0 saturated heterocycles. The lowest BCUT2D eigenvalue weighted by Gasteiger charge is -2.09. The van der Waals surface area contributed by atoms with E-state index in [9.17, 15) is 13.2 Å². The Morgan fingerprint density at radius 1 is 1.24 bits per heavy atom. The number of methoxy groups -OCH3 is 1. The van der Waals surface area contributed by atoms with Crippen LogP contribution in [0.5, 0.6) is 0 Å². The molecule has 0 aliphatic rings. The molecule has 5 nitrogen and oxygen atoms in total. The minimum absolute atomic E-state index is 0.00651. The Labute approximate surface area is 137 Å². The van der Waals surface area contributed by atoms with Gasteiger partial charge in [0.05, 0.1) is 15.6 Å². The van der Waals surface area contributed by atoms with E-state index in [0.29, 0.717) is 13.2 Å². The molecule has 0 radical (unpaired) electrons. The molecular weight excluding hydrogens is 361 g/mol.